The molecule has 2 aromatic rings. The van der Waals surface area contributed by atoms with Crippen LogP contribution in [0.5, 0.6) is 11.5 Å². The highest BCUT2D eigenvalue weighted by Crippen LogP contribution is 2.27. The standard InChI is InChI=1S/C18H23NO2/c1-12-5-6-14(7-13(12)2)8-18(19)15-9-16(20-3)11-17(10-15)21-4/h5-7,9-11,18H,8,19H2,1-4H3. The Labute approximate surface area is 126 Å². The molecule has 0 amide bonds. The highest BCUT2D eigenvalue weighted by molar-refractivity contribution is 5.40. The van der Waals surface area contributed by atoms with Gasteiger partial charge in [0.05, 0.1) is 14.2 Å². The maximum atomic E-state index is 6.35. The number of methoxy groups -OCH3 is 2. The lowest BCUT2D eigenvalue weighted by atomic mass is 9.97. The smallest absolute Gasteiger partial charge is 0.122 e. The predicted molar refractivity (Wildman–Crippen MR) is 86.1 cm³/mol. The van der Waals surface area contributed by atoms with Gasteiger partial charge in [0.15, 0.2) is 0 Å². The number of ether oxygens (including phenoxy) is 2. The summed E-state index contributed by atoms with van der Waals surface area (Å²) in [4.78, 5) is 0. The minimum absolute atomic E-state index is 0.0869. The van der Waals surface area contributed by atoms with E-state index in [1.165, 1.54) is 16.7 Å². The van der Waals surface area contributed by atoms with Crippen molar-refractivity contribution in [3.05, 3.63) is 58.7 Å². The summed E-state index contributed by atoms with van der Waals surface area (Å²) in [6.07, 6.45) is 0.789. The third-order valence-electron chi connectivity index (χ3n) is 3.83. The van der Waals surface area contributed by atoms with Gasteiger partial charge in [0.1, 0.15) is 11.5 Å². The molecule has 0 aliphatic heterocycles. The van der Waals surface area contributed by atoms with Crippen molar-refractivity contribution in [1.82, 2.24) is 0 Å². The second kappa shape index (κ2) is 6.64. The van der Waals surface area contributed by atoms with E-state index in [1.54, 1.807) is 14.2 Å². The van der Waals surface area contributed by atoms with E-state index >= 15 is 0 Å². The monoisotopic (exact) mass is 285 g/mol. The Balaban J connectivity index is 2.22. The molecule has 1 unspecified atom stereocenters. The lowest BCUT2D eigenvalue weighted by molar-refractivity contribution is 0.392. The fourth-order valence-corrected chi connectivity index (χ4v) is 2.35. The summed E-state index contributed by atoms with van der Waals surface area (Å²) in [5.74, 6) is 1.53. The van der Waals surface area contributed by atoms with E-state index in [9.17, 15) is 0 Å². The van der Waals surface area contributed by atoms with Crippen LogP contribution in [0.25, 0.3) is 0 Å². The second-order valence-electron chi connectivity index (χ2n) is 5.38. The SMILES string of the molecule is COc1cc(OC)cc(C(N)Cc2ccc(C)c(C)c2)c1. The first-order valence-electron chi connectivity index (χ1n) is 7.08. The van der Waals surface area contributed by atoms with Crippen LogP contribution >= 0.6 is 0 Å². The summed E-state index contributed by atoms with van der Waals surface area (Å²) in [6.45, 7) is 4.24. The normalized spacial score (nSPS) is 12.0. The zero-order valence-corrected chi connectivity index (χ0v) is 13.1. The average molecular weight is 285 g/mol. The molecule has 0 saturated carbocycles. The quantitative estimate of drug-likeness (QED) is 0.913. The Bertz CT molecular complexity index is 600. The lowest BCUT2D eigenvalue weighted by Gasteiger charge is -2.15. The number of rotatable bonds is 5. The van der Waals surface area contributed by atoms with Crippen molar-refractivity contribution in [1.29, 1.82) is 0 Å². The molecule has 0 fully saturated rings. The molecule has 0 aromatic heterocycles. The molecule has 21 heavy (non-hydrogen) atoms. The minimum Gasteiger partial charge on any atom is -0.497 e. The van der Waals surface area contributed by atoms with E-state index in [2.05, 4.69) is 32.0 Å². The molecule has 3 heteroatoms. The molecule has 1 atom stereocenters. The van der Waals surface area contributed by atoms with Crippen molar-refractivity contribution in [2.24, 2.45) is 5.73 Å². The summed E-state index contributed by atoms with van der Waals surface area (Å²) in [5.41, 5.74) is 11.2. The van der Waals surface area contributed by atoms with Crippen LogP contribution in [0.15, 0.2) is 36.4 Å². The Hall–Kier alpha value is -2.00. The number of nitrogens with two attached hydrogens (primary N) is 1. The predicted octanol–water partition coefficient (Wildman–Crippen LogP) is 3.56. The topological polar surface area (TPSA) is 44.5 Å². The summed E-state index contributed by atoms with van der Waals surface area (Å²) in [6, 6.07) is 12.2. The van der Waals surface area contributed by atoms with Crippen molar-refractivity contribution in [2.75, 3.05) is 14.2 Å². The molecular weight excluding hydrogens is 262 g/mol. The van der Waals surface area contributed by atoms with Crippen molar-refractivity contribution < 1.29 is 9.47 Å². The maximum absolute atomic E-state index is 6.35. The van der Waals surface area contributed by atoms with Crippen LogP contribution in [0.1, 0.15) is 28.3 Å². The summed E-state index contributed by atoms with van der Waals surface area (Å²) >= 11 is 0. The molecule has 0 aliphatic rings. The third kappa shape index (κ3) is 3.76. The lowest BCUT2D eigenvalue weighted by Crippen LogP contribution is -2.13. The molecule has 2 N–H and O–H groups in total. The molecule has 0 bridgehead atoms. The zero-order valence-electron chi connectivity index (χ0n) is 13.1. The van der Waals surface area contributed by atoms with Crippen LogP contribution < -0.4 is 15.2 Å². The van der Waals surface area contributed by atoms with Crippen LogP contribution in [0.2, 0.25) is 0 Å². The number of hydrogen-bond acceptors (Lipinski definition) is 3. The van der Waals surface area contributed by atoms with E-state index in [0.29, 0.717) is 0 Å². The van der Waals surface area contributed by atoms with Gasteiger partial charge in [-0.3, -0.25) is 0 Å². The van der Waals surface area contributed by atoms with Gasteiger partial charge in [0.2, 0.25) is 0 Å². The van der Waals surface area contributed by atoms with Crippen LogP contribution in [-0.4, -0.2) is 14.2 Å². The van der Waals surface area contributed by atoms with Gasteiger partial charge < -0.3 is 15.2 Å². The van der Waals surface area contributed by atoms with E-state index in [0.717, 1.165) is 23.5 Å². The van der Waals surface area contributed by atoms with Crippen LogP contribution in [0.4, 0.5) is 0 Å². The van der Waals surface area contributed by atoms with Gasteiger partial charge in [0.25, 0.3) is 0 Å². The minimum atomic E-state index is -0.0869. The van der Waals surface area contributed by atoms with Gasteiger partial charge in [-0.1, -0.05) is 18.2 Å². The largest absolute Gasteiger partial charge is 0.497 e. The Morgan fingerprint density at radius 1 is 0.905 bits per heavy atom. The van der Waals surface area contributed by atoms with Crippen LogP contribution in [0, 0.1) is 13.8 Å². The Morgan fingerprint density at radius 3 is 2.05 bits per heavy atom. The van der Waals surface area contributed by atoms with Crippen molar-refractivity contribution >= 4 is 0 Å². The van der Waals surface area contributed by atoms with E-state index in [1.807, 2.05) is 18.2 Å². The first-order valence-corrected chi connectivity index (χ1v) is 7.08. The third-order valence-corrected chi connectivity index (χ3v) is 3.83. The molecule has 2 rings (SSSR count). The first-order chi connectivity index (χ1) is 10.0. The maximum Gasteiger partial charge on any atom is 0.122 e. The van der Waals surface area contributed by atoms with Gasteiger partial charge in [-0.25, -0.2) is 0 Å². The van der Waals surface area contributed by atoms with Crippen molar-refractivity contribution in [2.45, 2.75) is 26.3 Å². The van der Waals surface area contributed by atoms with Gasteiger partial charge in [-0.15, -0.1) is 0 Å². The fraction of sp³-hybridized carbons (Fsp3) is 0.333. The van der Waals surface area contributed by atoms with Crippen molar-refractivity contribution in [3.63, 3.8) is 0 Å². The second-order valence-corrected chi connectivity index (χ2v) is 5.38. The highest BCUT2D eigenvalue weighted by Gasteiger charge is 2.11. The first kappa shape index (κ1) is 15.4. The fourth-order valence-electron chi connectivity index (χ4n) is 2.35. The van der Waals surface area contributed by atoms with Gasteiger partial charge >= 0.3 is 0 Å². The number of benzene rings is 2. The number of aryl methyl sites for hydroxylation is 2. The van der Waals surface area contributed by atoms with E-state index in [4.69, 9.17) is 15.2 Å². The van der Waals surface area contributed by atoms with Crippen LogP contribution in [0.3, 0.4) is 0 Å². The molecule has 0 spiro atoms. The molecule has 2 aromatic carbocycles. The summed E-state index contributed by atoms with van der Waals surface area (Å²) in [5, 5.41) is 0. The Kier molecular flexibility index (Phi) is 4.86. The molecule has 0 heterocycles. The average Bonchev–Trinajstić information content (AvgIpc) is 2.50. The molecular formula is C18H23NO2. The highest BCUT2D eigenvalue weighted by atomic mass is 16.5. The molecule has 112 valence electrons. The summed E-state index contributed by atoms with van der Waals surface area (Å²) in [7, 11) is 3.29. The number of hydrogen-bond donors (Lipinski definition) is 1. The molecule has 0 saturated heterocycles. The zero-order chi connectivity index (χ0) is 15.4. The van der Waals surface area contributed by atoms with Crippen molar-refractivity contribution in [3.8, 4) is 11.5 Å². The van der Waals surface area contributed by atoms with Gasteiger partial charge in [0, 0.05) is 12.1 Å². The molecule has 3 nitrogen and oxygen atoms in total. The Morgan fingerprint density at radius 2 is 1.52 bits per heavy atom. The summed E-state index contributed by atoms with van der Waals surface area (Å²) < 4.78 is 10.6. The molecule has 0 aliphatic carbocycles. The van der Waals surface area contributed by atoms with Crippen LogP contribution in [-0.2, 0) is 6.42 Å². The molecule has 0 radical (unpaired) electrons. The van der Waals surface area contributed by atoms with Gasteiger partial charge in [-0.2, -0.15) is 0 Å². The van der Waals surface area contributed by atoms with E-state index < -0.39 is 0 Å². The van der Waals surface area contributed by atoms with Gasteiger partial charge in [-0.05, 0) is 54.7 Å². The van der Waals surface area contributed by atoms with E-state index in [-0.39, 0.29) is 6.04 Å².